The number of benzene rings is 1. The molecule has 1 saturated heterocycles. The first-order valence-electron chi connectivity index (χ1n) is 8.76. The minimum atomic E-state index is 0.128. The number of aryl methyl sites for hydroxylation is 2. The lowest BCUT2D eigenvalue weighted by Gasteiger charge is -2.32. The maximum Gasteiger partial charge on any atom is 0.220 e. The number of carbonyl (C=O) groups is 1. The number of nitrogens with zero attached hydrogens (tertiary/aromatic N) is 2. The van der Waals surface area contributed by atoms with Gasteiger partial charge in [0, 0.05) is 56.2 Å². The zero-order valence-corrected chi connectivity index (χ0v) is 14.6. The number of amides is 1. The molecule has 1 fully saturated rings. The molecule has 130 valence electrons. The maximum absolute atomic E-state index is 12.2. The molecule has 1 aromatic heterocycles. The summed E-state index contributed by atoms with van der Waals surface area (Å²) in [4.78, 5) is 14.6. The summed E-state index contributed by atoms with van der Waals surface area (Å²) < 4.78 is 7.50. The van der Waals surface area contributed by atoms with Crippen molar-refractivity contribution in [3.05, 3.63) is 36.0 Å². The third kappa shape index (κ3) is 3.97. The molecule has 0 unspecified atom stereocenters. The topological polar surface area (TPSA) is 46.5 Å². The highest BCUT2D eigenvalue weighted by Crippen LogP contribution is 2.21. The van der Waals surface area contributed by atoms with Gasteiger partial charge in [0.05, 0.1) is 13.2 Å². The summed E-state index contributed by atoms with van der Waals surface area (Å²) in [5.74, 6) is 0.128. The number of rotatable bonds is 6. The lowest BCUT2D eigenvalue weighted by molar-refractivity contribution is -0.121. The molecule has 0 spiro atoms. The van der Waals surface area contributed by atoms with E-state index in [1.807, 2.05) is 6.07 Å². The molecule has 0 bridgehead atoms. The third-order valence-electron chi connectivity index (χ3n) is 4.86. The number of ether oxygens (including phenoxy) is 1. The van der Waals surface area contributed by atoms with Crippen molar-refractivity contribution < 1.29 is 9.53 Å². The summed E-state index contributed by atoms with van der Waals surface area (Å²) in [5, 5.41) is 4.32. The molecule has 24 heavy (non-hydrogen) atoms. The van der Waals surface area contributed by atoms with Gasteiger partial charge in [-0.1, -0.05) is 18.2 Å². The summed E-state index contributed by atoms with van der Waals surface area (Å²) in [6.45, 7) is 6.35. The first-order valence-corrected chi connectivity index (χ1v) is 8.76. The number of fused-ring (bicyclic) bond motifs is 1. The van der Waals surface area contributed by atoms with Gasteiger partial charge in [0.25, 0.3) is 0 Å². The fourth-order valence-corrected chi connectivity index (χ4v) is 3.37. The standard InChI is InChI=1S/C19H27N3O2/c1-15(22-9-11-24-12-10-22)13-20-19(23)8-7-16-14-21(2)18-6-4-3-5-17(16)18/h3-6,14-15H,7-13H2,1-2H3,(H,20,23)/t15-/m0/s1. The van der Waals surface area contributed by atoms with Crippen LogP contribution < -0.4 is 5.32 Å². The Bertz CT molecular complexity index is 689. The van der Waals surface area contributed by atoms with E-state index in [2.05, 4.69) is 53.2 Å². The van der Waals surface area contributed by atoms with Gasteiger partial charge in [-0.15, -0.1) is 0 Å². The van der Waals surface area contributed by atoms with Crippen LogP contribution in [0.2, 0.25) is 0 Å². The molecule has 5 nitrogen and oxygen atoms in total. The first-order chi connectivity index (χ1) is 11.6. The van der Waals surface area contributed by atoms with Crippen LogP contribution in [0.3, 0.4) is 0 Å². The molecule has 5 heteroatoms. The van der Waals surface area contributed by atoms with Gasteiger partial charge >= 0.3 is 0 Å². The monoisotopic (exact) mass is 329 g/mol. The molecule has 1 atom stereocenters. The van der Waals surface area contributed by atoms with Crippen LogP contribution in [-0.4, -0.2) is 54.3 Å². The number of aromatic nitrogens is 1. The van der Waals surface area contributed by atoms with Crippen molar-refractivity contribution in [3.63, 3.8) is 0 Å². The normalized spacial score (nSPS) is 17.1. The number of carbonyl (C=O) groups excluding carboxylic acids is 1. The van der Waals surface area contributed by atoms with E-state index in [1.165, 1.54) is 16.5 Å². The minimum absolute atomic E-state index is 0.128. The minimum Gasteiger partial charge on any atom is -0.379 e. The van der Waals surface area contributed by atoms with E-state index in [1.54, 1.807) is 0 Å². The summed E-state index contributed by atoms with van der Waals surface area (Å²) in [7, 11) is 2.05. The van der Waals surface area contributed by atoms with Gasteiger partial charge in [0.2, 0.25) is 5.91 Å². The van der Waals surface area contributed by atoms with E-state index in [-0.39, 0.29) is 5.91 Å². The second-order valence-corrected chi connectivity index (χ2v) is 6.58. The number of para-hydroxylation sites is 1. The van der Waals surface area contributed by atoms with E-state index < -0.39 is 0 Å². The molecule has 0 radical (unpaired) electrons. The molecule has 0 saturated carbocycles. The lowest BCUT2D eigenvalue weighted by atomic mass is 10.1. The van der Waals surface area contributed by atoms with Gasteiger partial charge in [0.15, 0.2) is 0 Å². The number of hydrogen-bond donors (Lipinski definition) is 1. The highest BCUT2D eigenvalue weighted by molar-refractivity contribution is 5.84. The van der Waals surface area contributed by atoms with Crippen LogP contribution in [0.4, 0.5) is 0 Å². The van der Waals surface area contributed by atoms with Gasteiger partial charge in [-0.3, -0.25) is 9.69 Å². The molecule has 1 N–H and O–H groups in total. The van der Waals surface area contributed by atoms with Crippen LogP contribution in [0, 0.1) is 0 Å². The van der Waals surface area contributed by atoms with E-state index in [4.69, 9.17) is 4.74 Å². The van der Waals surface area contributed by atoms with Crippen LogP contribution in [-0.2, 0) is 23.0 Å². The van der Waals surface area contributed by atoms with Crippen LogP contribution in [0.15, 0.2) is 30.5 Å². The Hall–Kier alpha value is -1.85. The van der Waals surface area contributed by atoms with Crippen molar-refractivity contribution >= 4 is 16.8 Å². The summed E-state index contributed by atoms with van der Waals surface area (Å²) in [6, 6.07) is 8.70. The smallest absolute Gasteiger partial charge is 0.220 e. The van der Waals surface area contributed by atoms with Gasteiger partial charge in [-0.2, -0.15) is 0 Å². The van der Waals surface area contributed by atoms with Gasteiger partial charge in [-0.25, -0.2) is 0 Å². The van der Waals surface area contributed by atoms with E-state index >= 15 is 0 Å². The first kappa shape index (κ1) is 17.0. The lowest BCUT2D eigenvalue weighted by Crippen LogP contribution is -2.47. The fraction of sp³-hybridized carbons (Fsp3) is 0.526. The van der Waals surface area contributed by atoms with Crippen molar-refractivity contribution in [1.82, 2.24) is 14.8 Å². The molecule has 0 aliphatic carbocycles. The second kappa shape index (κ2) is 7.81. The quantitative estimate of drug-likeness (QED) is 0.881. The molecular formula is C19H27N3O2. The van der Waals surface area contributed by atoms with Crippen LogP contribution >= 0.6 is 0 Å². The summed E-state index contributed by atoms with van der Waals surface area (Å²) >= 11 is 0. The van der Waals surface area contributed by atoms with Crippen LogP contribution in [0.25, 0.3) is 10.9 Å². The SMILES string of the molecule is C[C@@H](CNC(=O)CCc1cn(C)c2ccccc12)N1CCOCC1. The number of nitrogens with one attached hydrogen (secondary N) is 1. The van der Waals surface area contributed by atoms with Gasteiger partial charge in [-0.05, 0) is 25.0 Å². The van der Waals surface area contributed by atoms with Crippen molar-refractivity contribution in [2.24, 2.45) is 7.05 Å². The highest BCUT2D eigenvalue weighted by atomic mass is 16.5. The van der Waals surface area contributed by atoms with Crippen LogP contribution in [0.5, 0.6) is 0 Å². The maximum atomic E-state index is 12.2. The summed E-state index contributed by atoms with van der Waals surface area (Å²) in [5.41, 5.74) is 2.46. The molecule has 2 aromatic rings. The molecule has 1 amide bonds. The van der Waals surface area contributed by atoms with Crippen molar-refractivity contribution in [1.29, 1.82) is 0 Å². The molecule has 1 aliphatic heterocycles. The van der Waals surface area contributed by atoms with Gasteiger partial charge < -0.3 is 14.6 Å². The molecule has 1 aromatic carbocycles. The molecule has 2 heterocycles. The second-order valence-electron chi connectivity index (χ2n) is 6.58. The van der Waals surface area contributed by atoms with Crippen molar-refractivity contribution in [2.75, 3.05) is 32.8 Å². The Morgan fingerprint density at radius 2 is 2.04 bits per heavy atom. The Labute approximate surface area is 143 Å². The van der Waals surface area contributed by atoms with Crippen molar-refractivity contribution in [2.45, 2.75) is 25.8 Å². The highest BCUT2D eigenvalue weighted by Gasteiger charge is 2.17. The van der Waals surface area contributed by atoms with Crippen molar-refractivity contribution in [3.8, 4) is 0 Å². The fourth-order valence-electron chi connectivity index (χ4n) is 3.37. The number of morpholine rings is 1. The Morgan fingerprint density at radius 1 is 1.29 bits per heavy atom. The largest absolute Gasteiger partial charge is 0.379 e. The molecule has 1 aliphatic rings. The van der Waals surface area contributed by atoms with Crippen LogP contribution in [0.1, 0.15) is 18.9 Å². The van der Waals surface area contributed by atoms with E-state index in [0.717, 1.165) is 32.7 Å². The zero-order valence-electron chi connectivity index (χ0n) is 14.6. The average molecular weight is 329 g/mol. The zero-order chi connectivity index (χ0) is 16.9. The predicted octanol–water partition coefficient (Wildman–Crippen LogP) is 1.95. The van der Waals surface area contributed by atoms with E-state index in [0.29, 0.717) is 19.0 Å². The Kier molecular flexibility index (Phi) is 5.53. The predicted molar refractivity (Wildman–Crippen MR) is 96.1 cm³/mol. The molecule has 3 rings (SSSR count). The summed E-state index contributed by atoms with van der Waals surface area (Å²) in [6.07, 6.45) is 3.44. The molecular weight excluding hydrogens is 302 g/mol. The third-order valence-corrected chi connectivity index (χ3v) is 4.86. The van der Waals surface area contributed by atoms with E-state index in [9.17, 15) is 4.79 Å². The average Bonchev–Trinajstić information content (AvgIpc) is 2.95. The van der Waals surface area contributed by atoms with Gasteiger partial charge in [0.1, 0.15) is 0 Å². The number of hydrogen-bond acceptors (Lipinski definition) is 3. The Balaban J connectivity index is 1.48. The Morgan fingerprint density at radius 3 is 2.83 bits per heavy atom.